The lowest BCUT2D eigenvalue weighted by molar-refractivity contribution is 0.477. The predicted octanol–water partition coefficient (Wildman–Crippen LogP) is 2.00. The van der Waals surface area contributed by atoms with Gasteiger partial charge in [-0.05, 0) is 44.4 Å². The summed E-state index contributed by atoms with van der Waals surface area (Å²) in [6, 6.07) is 6.11. The largest absolute Gasteiger partial charge is 0.326 e. The molecule has 2 rings (SSSR count). The van der Waals surface area contributed by atoms with Crippen LogP contribution in [0.25, 0.3) is 5.52 Å². The Bertz CT molecular complexity index is 451. The zero-order valence-corrected chi connectivity index (χ0v) is 9.27. The number of nitrogens with zero attached hydrogens (tertiary/aromatic N) is 2. The van der Waals surface area contributed by atoms with Gasteiger partial charge in [-0.15, -0.1) is 0 Å². The van der Waals surface area contributed by atoms with E-state index in [0.29, 0.717) is 0 Å². The number of hydrogen-bond acceptors (Lipinski definition) is 2. The van der Waals surface area contributed by atoms with Crippen molar-refractivity contribution in [2.75, 3.05) is 0 Å². The molecular weight excluding hydrogens is 186 g/mol. The molecule has 3 heteroatoms. The number of aryl methyl sites for hydroxylation is 1. The first-order valence-electron chi connectivity index (χ1n) is 5.26. The molecule has 0 aliphatic rings. The van der Waals surface area contributed by atoms with Crippen molar-refractivity contribution in [3.05, 3.63) is 36.2 Å². The minimum absolute atomic E-state index is 0.108. The monoisotopic (exact) mass is 203 g/mol. The zero-order valence-electron chi connectivity index (χ0n) is 9.27. The predicted molar refractivity (Wildman–Crippen MR) is 61.8 cm³/mol. The molecule has 3 nitrogen and oxygen atoms in total. The molecule has 2 aromatic heterocycles. The lowest BCUT2D eigenvalue weighted by Gasteiger charge is -2.17. The van der Waals surface area contributed by atoms with Crippen LogP contribution in [-0.4, -0.2) is 15.2 Å². The molecule has 0 saturated carbocycles. The molecule has 0 aliphatic carbocycles. The van der Waals surface area contributed by atoms with Crippen LogP contribution >= 0.6 is 0 Å². The molecule has 0 saturated heterocycles. The molecule has 0 fully saturated rings. The molecule has 0 aliphatic heterocycles. The van der Waals surface area contributed by atoms with E-state index in [-0.39, 0.29) is 5.54 Å². The molecule has 0 amide bonds. The quantitative estimate of drug-likeness (QED) is 0.829. The van der Waals surface area contributed by atoms with Crippen molar-refractivity contribution < 1.29 is 0 Å². The highest BCUT2D eigenvalue weighted by Crippen LogP contribution is 2.15. The maximum Gasteiger partial charge on any atom is 0.0693 e. The van der Waals surface area contributed by atoms with Crippen molar-refractivity contribution in [1.82, 2.24) is 9.61 Å². The Morgan fingerprint density at radius 2 is 2.20 bits per heavy atom. The van der Waals surface area contributed by atoms with Crippen molar-refractivity contribution in [3.63, 3.8) is 0 Å². The first kappa shape index (κ1) is 10.2. The van der Waals surface area contributed by atoms with E-state index in [0.717, 1.165) is 12.8 Å². The molecule has 0 atom stereocenters. The third-order valence-electron chi connectivity index (χ3n) is 2.54. The number of hydrogen-bond donors (Lipinski definition) is 1. The number of aromatic nitrogens is 2. The van der Waals surface area contributed by atoms with Gasteiger partial charge in [0.05, 0.1) is 11.7 Å². The molecule has 2 N–H and O–H groups in total. The fourth-order valence-electron chi connectivity index (χ4n) is 1.64. The molecule has 0 aromatic carbocycles. The Kier molecular flexibility index (Phi) is 2.49. The van der Waals surface area contributed by atoms with Crippen LogP contribution in [0.5, 0.6) is 0 Å². The van der Waals surface area contributed by atoms with E-state index in [1.54, 1.807) is 0 Å². The van der Waals surface area contributed by atoms with Gasteiger partial charge in [0.1, 0.15) is 0 Å². The number of nitrogens with two attached hydrogens (primary N) is 1. The van der Waals surface area contributed by atoms with Gasteiger partial charge in [-0.25, -0.2) is 4.52 Å². The summed E-state index contributed by atoms with van der Waals surface area (Å²) < 4.78 is 1.90. The van der Waals surface area contributed by atoms with Crippen LogP contribution in [0, 0.1) is 0 Å². The Morgan fingerprint density at radius 3 is 2.93 bits per heavy atom. The minimum atomic E-state index is -0.108. The molecule has 2 aromatic rings. The van der Waals surface area contributed by atoms with Gasteiger partial charge in [-0.2, -0.15) is 5.10 Å². The lowest BCUT2D eigenvalue weighted by Crippen LogP contribution is -2.32. The Morgan fingerprint density at radius 1 is 1.40 bits per heavy atom. The van der Waals surface area contributed by atoms with E-state index in [1.165, 1.54) is 11.1 Å². The normalized spacial score (nSPS) is 12.2. The van der Waals surface area contributed by atoms with Gasteiger partial charge in [0, 0.05) is 11.7 Å². The summed E-state index contributed by atoms with van der Waals surface area (Å²) in [5, 5.41) is 4.30. The number of pyridine rings is 1. The van der Waals surface area contributed by atoms with E-state index in [2.05, 4.69) is 25.0 Å². The van der Waals surface area contributed by atoms with Crippen LogP contribution in [-0.2, 0) is 6.42 Å². The van der Waals surface area contributed by atoms with Gasteiger partial charge in [-0.3, -0.25) is 0 Å². The van der Waals surface area contributed by atoms with Crippen LogP contribution in [0.15, 0.2) is 30.6 Å². The second kappa shape index (κ2) is 3.66. The van der Waals surface area contributed by atoms with Crippen molar-refractivity contribution in [3.8, 4) is 0 Å². The average Bonchev–Trinajstić information content (AvgIpc) is 2.57. The van der Waals surface area contributed by atoms with Crippen molar-refractivity contribution in [1.29, 1.82) is 0 Å². The standard InChI is InChI=1S/C12H17N3/c1-12(2,13)7-6-10-9-14-15-8-4-3-5-11(10)15/h3-5,8-9H,6-7,13H2,1-2H3. The summed E-state index contributed by atoms with van der Waals surface area (Å²) in [7, 11) is 0. The van der Waals surface area contributed by atoms with Gasteiger partial charge in [0.25, 0.3) is 0 Å². The fourth-order valence-corrected chi connectivity index (χ4v) is 1.64. The summed E-state index contributed by atoms with van der Waals surface area (Å²) in [4.78, 5) is 0. The summed E-state index contributed by atoms with van der Waals surface area (Å²) in [6.07, 6.45) is 5.85. The molecule has 0 unspecified atom stereocenters. The third-order valence-corrected chi connectivity index (χ3v) is 2.54. The minimum Gasteiger partial charge on any atom is -0.326 e. The van der Waals surface area contributed by atoms with Crippen LogP contribution in [0.2, 0.25) is 0 Å². The maximum atomic E-state index is 5.97. The van der Waals surface area contributed by atoms with Crippen LogP contribution in [0.4, 0.5) is 0 Å². The molecule has 15 heavy (non-hydrogen) atoms. The zero-order chi connectivity index (χ0) is 10.9. The number of rotatable bonds is 3. The van der Waals surface area contributed by atoms with E-state index < -0.39 is 0 Å². The lowest BCUT2D eigenvalue weighted by atomic mass is 9.97. The van der Waals surface area contributed by atoms with E-state index in [4.69, 9.17) is 5.73 Å². The highest BCUT2D eigenvalue weighted by Gasteiger charge is 2.12. The summed E-state index contributed by atoms with van der Waals surface area (Å²) >= 11 is 0. The number of fused-ring (bicyclic) bond motifs is 1. The molecular formula is C12H17N3. The molecule has 0 radical (unpaired) electrons. The Labute approximate surface area is 89.9 Å². The van der Waals surface area contributed by atoms with E-state index in [1.807, 2.05) is 29.0 Å². The highest BCUT2D eigenvalue weighted by molar-refractivity contribution is 5.53. The molecule has 0 bridgehead atoms. The topological polar surface area (TPSA) is 43.3 Å². The van der Waals surface area contributed by atoms with Crippen LogP contribution in [0.1, 0.15) is 25.8 Å². The van der Waals surface area contributed by atoms with Gasteiger partial charge < -0.3 is 5.73 Å². The molecule has 2 heterocycles. The van der Waals surface area contributed by atoms with Crippen LogP contribution in [0.3, 0.4) is 0 Å². The Hall–Kier alpha value is -1.35. The summed E-state index contributed by atoms with van der Waals surface area (Å²) in [5.74, 6) is 0. The van der Waals surface area contributed by atoms with Crippen molar-refractivity contribution in [2.24, 2.45) is 5.73 Å². The molecule has 0 spiro atoms. The first-order chi connectivity index (χ1) is 7.06. The van der Waals surface area contributed by atoms with E-state index >= 15 is 0 Å². The smallest absolute Gasteiger partial charge is 0.0693 e. The fraction of sp³-hybridized carbons (Fsp3) is 0.417. The van der Waals surface area contributed by atoms with Crippen molar-refractivity contribution in [2.45, 2.75) is 32.2 Å². The van der Waals surface area contributed by atoms with Gasteiger partial charge in [-0.1, -0.05) is 6.07 Å². The SMILES string of the molecule is CC(C)(N)CCc1cnn2ccccc12. The maximum absolute atomic E-state index is 5.97. The van der Waals surface area contributed by atoms with Gasteiger partial charge >= 0.3 is 0 Å². The van der Waals surface area contributed by atoms with E-state index in [9.17, 15) is 0 Å². The first-order valence-corrected chi connectivity index (χ1v) is 5.26. The third kappa shape index (κ3) is 2.36. The van der Waals surface area contributed by atoms with Crippen molar-refractivity contribution >= 4 is 5.52 Å². The average molecular weight is 203 g/mol. The van der Waals surface area contributed by atoms with Crippen LogP contribution < -0.4 is 5.73 Å². The van der Waals surface area contributed by atoms with Gasteiger partial charge in [0.15, 0.2) is 0 Å². The summed E-state index contributed by atoms with van der Waals surface area (Å²) in [5.41, 5.74) is 8.32. The molecule has 80 valence electrons. The second-order valence-corrected chi connectivity index (χ2v) is 4.69. The Balaban J connectivity index is 2.22. The summed E-state index contributed by atoms with van der Waals surface area (Å²) in [6.45, 7) is 4.11. The van der Waals surface area contributed by atoms with Gasteiger partial charge in [0.2, 0.25) is 0 Å². The highest BCUT2D eigenvalue weighted by atomic mass is 15.2. The second-order valence-electron chi connectivity index (χ2n) is 4.69.